The highest BCUT2D eigenvalue weighted by atomic mass is 32.2. The molecule has 0 aromatic heterocycles. The Balaban J connectivity index is 2.33. The SMILES string of the molecule is CC(C)(OO)C(=O)Nc1ccc(S(=O)(=O)c2ccccc2)cc1F. The van der Waals surface area contributed by atoms with Crippen LogP contribution in [0, 0.1) is 5.82 Å². The van der Waals surface area contributed by atoms with Crippen LogP contribution < -0.4 is 5.32 Å². The first-order chi connectivity index (χ1) is 11.2. The molecule has 2 N–H and O–H groups in total. The molecule has 24 heavy (non-hydrogen) atoms. The number of sulfone groups is 1. The summed E-state index contributed by atoms with van der Waals surface area (Å²) in [7, 11) is -3.86. The standard InChI is InChI=1S/C16H16FNO5S/c1-16(2,23-20)15(19)18-14-9-8-12(10-13(14)17)24(21,22)11-6-4-3-5-7-11/h3-10,20H,1-2H3,(H,18,19). The van der Waals surface area contributed by atoms with Gasteiger partial charge in [-0.3, -0.25) is 10.1 Å². The van der Waals surface area contributed by atoms with Gasteiger partial charge in [-0.25, -0.2) is 17.7 Å². The lowest BCUT2D eigenvalue weighted by atomic mass is 10.1. The number of anilines is 1. The molecule has 0 aliphatic carbocycles. The van der Waals surface area contributed by atoms with Gasteiger partial charge in [0.05, 0.1) is 15.5 Å². The summed E-state index contributed by atoms with van der Waals surface area (Å²) in [6.07, 6.45) is 0. The summed E-state index contributed by atoms with van der Waals surface area (Å²) < 4.78 is 39.0. The third-order valence-electron chi connectivity index (χ3n) is 3.33. The number of nitrogens with one attached hydrogen (secondary N) is 1. The highest BCUT2D eigenvalue weighted by molar-refractivity contribution is 7.91. The van der Waals surface area contributed by atoms with Crippen LogP contribution in [-0.4, -0.2) is 25.2 Å². The number of halogens is 1. The Morgan fingerprint density at radius 2 is 1.75 bits per heavy atom. The Morgan fingerprint density at radius 3 is 2.29 bits per heavy atom. The predicted octanol–water partition coefficient (Wildman–Crippen LogP) is 2.87. The Bertz CT molecular complexity index is 850. The number of rotatable bonds is 5. The number of amides is 1. The van der Waals surface area contributed by atoms with Gasteiger partial charge in [0.2, 0.25) is 9.84 Å². The fourth-order valence-electron chi connectivity index (χ4n) is 1.81. The second kappa shape index (κ2) is 6.68. The van der Waals surface area contributed by atoms with Gasteiger partial charge in [0.25, 0.3) is 5.91 Å². The molecule has 0 spiro atoms. The number of hydrogen-bond acceptors (Lipinski definition) is 5. The van der Waals surface area contributed by atoms with Crippen LogP contribution in [0.5, 0.6) is 0 Å². The van der Waals surface area contributed by atoms with Gasteiger partial charge >= 0.3 is 0 Å². The van der Waals surface area contributed by atoms with E-state index in [1.165, 1.54) is 32.0 Å². The molecule has 8 heteroatoms. The lowest BCUT2D eigenvalue weighted by Gasteiger charge is -2.19. The molecular formula is C16H16FNO5S. The van der Waals surface area contributed by atoms with E-state index in [9.17, 15) is 17.6 Å². The first kappa shape index (κ1) is 18.1. The van der Waals surface area contributed by atoms with E-state index in [2.05, 4.69) is 10.2 Å². The maximum absolute atomic E-state index is 14.2. The molecule has 0 fully saturated rings. The third-order valence-corrected chi connectivity index (χ3v) is 5.09. The van der Waals surface area contributed by atoms with Crippen molar-refractivity contribution in [3.05, 3.63) is 54.3 Å². The summed E-state index contributed by atoms with van der Waals surface area (Å²) in [5, 5.41) is 10.9. The highest BCUT2D eigenvalue weighted by Gasteiger charge is 2.30. The molecule has 6 nitrogen and oxygen atoms in total. The lowest BCUT2D eigenvalue weighted by Crippen LogP contribution is -2.39. The van der Waals surface area contributed by atoms with Crippen molar-refractivity contribution in [1.29, 1.82) is 0 Å². The summed E-state index contributed by atoms with van der Waals surface area (Å²) in [5.74, 6) is -1.71. The van der Waals surface area contributed by atoms with E-state index in [0.29, 0.717) is 0 Å². The maximum atomic E-state index is 14.2. The molecule has 0 saturated heterocycles. The molecule has 2 rings (SSSR count). The van der Waals surface area contributed by atoms with Gasteiger partial charge in [0.1, 0.15) is 5.82 Å². The monoisotopic (exact) mass is 353 g/mol. The average Bonchev–Trinajstić information content (AvgIpc) is 2.57. The summed E-state index contributed by atoms with van der Waals surface area (Å²) in [6, 6.07) is 10.8. The van der Waals surface area contributed by atoms with Crippen LogP contribution in [0.4, 0.5) is 10.1 Å². The normalized spacial score (nSPS) is 12.0. The van der Waals surface area contributed by atoms with Crippen molar-refractivity contribution in [3.63, 3.8) is 0 Å². The van der Waals surface area contributed by atoms with E-state index in [1.54, 1.807) is 18.2 Å². The topological polar surface area (TPSA) is 92.7 Å². The van der Waals surface area contributed by atoms with Gasteiger partial charge in [-0.05, 0) is 44.2 Å². The Hall–Kier alpha value is -2.29. The minimum atomic E-state index is -3.86. The molecule has 0 aliphatic heterocycles. The van der Waals surface area contributed by atoms with Crippen LogP contribution in [0.15, 0.2) is 58.3 Å². The van der Waals surface area contributed by atoms with Crippen LogP contribution >= 0.6 is 0 Å². The maximum Gasteiger partial charge on any atom is 0.259 e. The van der Waals surface area contributed by atoms with E-state index in [1.807, 2.05) is 0 Å². The second-order valence-corrected chi connectivity index (χ2v) is 7.46. The molecule has 0 aliphatic rings. The van der Waals surface area contributed by atoms with Crippen LogP contribution in [-0.2, 0) is 19.5 Å². The summed E-state index contributed by atoms with van der Waals surface area (Å²) in [6.45, 7) is 2.57. The molecule has 0 radical (unpaired) electrons. The van der Waals surface area contributed by atoms with Crippen molar-refractivity contribution >= 4 is 21.4 Å². The van der Waals surface area contributed by atoms with Crippen molar-refractivity contribution in [1.82, 2.24) is 0 Å². The van der Waals surface area contributed by atoms with E-state index < -0.39 is 27.2 Å². The largest absolute Gasteiger partial charge is 0.321 e. The second-order valence-electron chi connectivity index (χ2n) is 5.51. The van der Waals surface area contributed by atoms with Gasteiger partial charge in [0.15, 0.2) is 5.60 Å². The molecular weight excluding hydrogens is 337 g/mol. The van der Waals surface area contributed by atoms with Crippen LogP contribution in [0.25, 0.3) is 0 Å². The zero-order valence-corrected chi connectivity index (χ0v) is 13.8. The predicted molar refractivity (Wildman–Crippen MR) is 84.7 cm³/mol. The zero-order chi connectivity index (χ0) is 18.0. The smallest absolute Gasteiger partial charge is 0.259 e. The quantitative estimate of drug-likeness (QED) is 0.637. The van der Waals surface area contributed by atoms with Crippen molar-refractivity contribution in [3.8, 4) is 0 Å². The zero-order valence-electron chi connectivity index (χ0n) is 13.0. The summed E-state index contributed by atoms with van der Waals surface area (Å²) in [4.78, 5) is 15.7. The molecule has 0 heterocycles. The van der Waals surface area contributed by atoms with Gasteiger partial charge < -0.3 is 5.32 Å². The van der Waals surface area contributed by atoms with Crippen molar-refractivity contribution in [2.45, 2.75) is 29.2 Å². The van der Waals surface area contributed by atoms with Crippen LogP contribution in [0.3, 0.4) is 0 Å². The molecule has 0 bridgehead atoms. The van der Waals surface area contributed by atoms with E-state index in [0.717, 1.165) is 12.1 Å². The number of carbonyl (C=O) groups is 1. The minimum Gasteiger partial charge on any atom is -0.321 e. The van der Waals surface area contributed by atoms with Gasteiger partial charge in [-0.1, -0.05) is 18.2 Å². The fourth-order valence-corrected chi connectivity index (χ4v) is 3.11. The first-order valence-corrected chi connectivity index (χ1v) is 8.40. The van der Waals surface area contributed by atoms with Crippen LogP contribution in [0.2, 0.25) is 0 Å². The molecule has 128 valence electrons. The van der Waals surface area contributed by atoms with Crippen molar-refractivity contribution in [2.24, 2.45) is 0 Å². The van der Waals surface area contributed by atoms with Gasteiger partial charge in [0, 0.05) is 0 Å². The number of carbonyl (C=O) groups excluding carboxylic acids is 1. The van der Waals surface area contributed by atoms with Crippen molar-refractivity contribution < 1.29 is 27.7 Å². The summed E-state index contributed by atoms with van der Waals surface area (Å²) >= 11 is 0. The average molecular weight is 353 g/mol. The highest BCUT2D eigenvalue weighted by Crippen LogP contribution is 2.25. The molecule has 0 atom stereocenters. The number of benzene rings is 2. The third kappa shape index (κ3) is 3.61. The fraction of sp³-hybridized carbons (Fsp3) is 0.188. The lowest BCUT2D eigenvalue weighted by molar-refractivity contribution is -0.300. The number of hydrogen-bond donors (Lipinski definition) is 2. The van der Waals surface area contributed by atoms with E-state index in [4.69, 9.17) is 5.26 Å². The first-order valence-electron chi connectivity index (χ1n) is 6.92. The molecule has 2 aromatic rings. The molecule has 1 amide bonds. The van der Waals surface area contributed by atoms with E-state index in [-0.39, 0.29) is 15.5 Å². The Kier molecular flexibility index (Phi) is 5.02. The molecule has 0 unspecified atom stereocenters. The van der Waals surface area contributed by atoms with Crippen molar-refractivity contribution in [2.75, 3.05) is 5.32 Å². The molecule has 2 aromatic carbocycles. The van der Waals surface area contributed by atoms with E-state index >= 15 is 0 Å². The summed E-state index contributed by atoms with van der Waals surface area (Å²) in [5.41, 5.74) is -1.81. The van der Waals surface area contributed by atoms with Crippen LogP contribution in [0.1, 0.15) is 13.8 Å². The van der Waals surface area contributed by atoms with Gasteiger partial charge in [-0.2, -0.15) is 0 Å². The van der Waals surface area contributed by atoms with Gasteiger partial charge in [-0.15, -0.1) is 0 Å². The Morgan fingerprint density at radius 1 is 1.12 bits per heavy atom. The minimum absolute atomic E-state index is 0.0380. The molecule has 0 saturated carbocycles. The Labute approximate surface area is 138 Å².